The van der Waals surface area contributed by atoms with Crippen molar-refractivity contribution in [1.82, 2.24) is 14.9 Å². The van der Waals surface area contributed by atoms with Crippen LogP contribution < -0.4 is 10.1 Å². The van der Waals surface area contributed by atoms with Crippen LogP contribution in [0.3, 0.4) is 0 Å². The van der Waals surface area contributed by atoms with Crippen LogP contribution in [0.2, 0.25) is 0 Å². The summed E-state index contributed by atoms with van der Waals surface area (Å²) in [7, 11) is 5.36. The smallest absolute Gasteiger partial charge is 0.372 e. The maximum Gasteiger partial charge on any atom is 0.372 e. The van der Waals surface area contributed by atoms with Crippen molar-refractivity contribution < 1.29 is 9.66 Å². The molecule has 8 nitrogen and oxygen atoms in total. The van der Waals surface area contributed by atoms with Crippen LogP contribution in [0, 0.1) is 10.1 Å². The van der Waals surface area contributed by atoms with Gasteiger partial charge in [-0.05, 0) is 33.5 Å². The number of nitrogens with zero attached hydrogens (tertiary/aromatic N) is 4. The second-order valence-electron chi connectivity index (χ2n) is 4.27. The van der Waals surface area contributed by atoms with E-state index in [0.717, 1.165) is 19.4 Å². The van der Waals surface area contributed by atoms with E-state index in [1.54, 1.807) is 0 Å². The summed E-state index contributed by atoms with van der Waals surface area (Å²) in [5.74, 6) is 0.164. The number of unbranched alkanes of at least 4 members (excludes halogenated alkanes) is 1. The molecule has 1 heterocycles. The van der Waals surface area contributed by atoms with E-state index in [0.29, 0.717) is 6.54 Å². The lowest BCUT2D eigenvalue weighted by atomic mass is 10.3. The minimum Gasteiger partial charge on any atom is -0.476 e. The Hall–Kier alpha value is -1.96. The van der Waals surface area contributed by atoms with Gasteiger partial charge in [-0.25, -0.2) is 4.98 Å². The maximum absolute atomic E-state index is 11.0. The summed E-state index contributed by atoms with van der Waals surface area (Å²) < 4.78 is 4.87. The predicted molar refractivity (Wildman–Crippen MR) is 71.5 cm³/mol. The van der Waals surface area contributed by atoms with E-state index in [4.69, 9.17) is 4.74 Å². The highest BCUT2D eigenvalue weighted by molar-refractivity contribution is 5.60. The molecule has 0 aliphatic heterocycles. The largest absolute Gasteiger partial charge is 0.476 e. The molecule has 0 spiro atoms. The fourth-order valence-electron chi connectivity index (χ4n) is 1.57. The van der Waals surface area contributed by atoms with Crippen molar-refractivity contribution >= 4 is 11.5 Å². The predicted octanol–water partition coefficient (Wildman–Crippen LogP) is 1.15. The SMILES string of the molecule is COc1ncnc(NCCCCN(C)C)c1[N+](=O)[O-]. The third kappa shape index (κ3) is 4.66. The molecule has 0 amide bonds. The third-order valence-electron chi connectivity index (χ3n) is 2.49. The molecule has 1 aromatic heterocycles. The fraction of sp³-hybridized carbons (Fsp3) is 0.636. The zero-order chi connectivity index (χ0) is 14.3. The summed E-state index contributed by atoms with van der Waals surface area (Å²) in [4.78, 5) is 20.1. The van der Waals surface area contributed by atoms with Crippen LogP contribution in [0.5, 0.6) is 5.88 Å². The Morgan fingerprint density at radius 1 is 1.42 bits per heavy atom. The van der Waals surface area contributed by atoms with E-state index in [1.807, 2.05) is 14.1 Å². The second-order valence-corrected chi connectivity index (χ2v) is 4.27. The van der Waals surface area contributed by atoms with Gasteiger partial charge in [-0.2, -0.15) is 4.98 Å². The van der Waals surface area contributed by atoms with Gasteiger partial charge in [0.05, 0.1) is 12.0 Å². The molecular formula is C11H19N5O3. The number of rotatable bonds is 8. The van der Waals surface area contributed by atoms with Gasteiger partial charge in [-0.1, -0.05) is 0 Å². The van der Waals surface area contributed by atoms with Crippen molar-refractivity contribution in [1.29, 1.82) is 0 Å². The quantitative estimate of drug-likeness (QED) is 0.429. The summed E-state index contributed by atoms with van der Waals surface area (Å²) in [6.45, 7) is 1.60. The van der Waals surface area contributed by atoms with E-state index in [1.165, 1.54) is 13.4 Å². The van der Waals surface area contributed by atoms with Gasteiger partial charge in [0.15, 0.2) is 0 Å². The van der Waals surface area contributed by atoms with Crippen molar-refractivity contribution in [2.24, 2.45) is 0 Å². The first kappa shape index (κ1) is 15.1. The van der Waals surface area contributed by atoms with Crippen LogP contribution in [0.4, 0.5) is 11.5 Å². The summed E-state index contributed by atoms with van der Waals surface area (Å²) in [6.07, 6.45) is 3.16. The van der Waals surface area contributed by atoms with Crippen molar-refractivity contribution in [3.8, 4) is 5.88 Å². The van der Waals surface area contributed by atoms with Gasteiger partial charge in [0, 0.05) is 6.54 Å². The number of nitrogens with one attached hydrogen (secondary N) is 1. The van der Waals surface area contributed by atoms with E-state index in [9.17, 15) is 10.1 Å². The minimum atomic E-state index is -0.541. The lowest BCUT2D eigenvalue weighted by Gasteiger charge is -2.10. The lowest BCUT2D eigenvalue weighted by molar-refractivity contribution is -0.385. The molecule has 0 aromatic carbocycles. The average Bonchev–Trinajstić information content (AvgIpc) is 2.37. The fourth-order valence-corrected chi connectivity index (χ4v) is 1.57. The lowest BCUT2D eigenvalue weighted by Crippen LogP contribution is -2.14. The molecular weight excluding hydrogens is 250 g/mol. The van der Waals surface area contributed by atoms with Crippen LogP contribution in [0.25, 0.3) is 0 Å². The number of aromatic nitrogens is 2. The van der Waals surface area contributed by atoms with Gasteiger partial charge in [0.2, 0.25) is 5.82 Å². The average molecular weight is 269 g/mol. The number of hydrogen-bond donors (Lipinski definition) is 1. The second kappa shape index (κ2) is 7.47. The van der Waals surface area contributed by atoms with Crippen molar-refractivity contribution in [2.45, 2.75) is 12.8 Å². The number of hydrogen-bond acceptors (Lipinski definition) is 7. The topological polar surface area (TPSA) is 93.4 Å². The van der Waals surface area contributed by atoms with Gasteiger partial charge < -0.3 is 15.0 Å². The summed E-state index contributed by atoms with van der Waals surface area (Å²) in [5, 5.41) is 13.9. The Morgan fingerprint density at radius 3 is 2.74 bits per heavy atom. The molecule has 0 aliphatic rings. The highest BCUT2D eigenvalue weighted by Crippen LogP contribution is 2.30. The molecule has 1 N–H and O–H groups in total. The van der Waals surface area contributed by atoms with Gasteiger partial charge >= 0.3 is 5.69 Å². The van der Waals surface area contributed by atoms with Crippen molar-refractivity contribution in [2.75, 3.05) is 39.6 Å². The summed E-state index contributed by atoms with van der Waals surface area (Å²) in [6, 6.07) is 0. The first-order valence-corrected chi connectivity index (χ1v) is 5.98. The van der Waals surface area contributed by atoms with E-state index in [-0.39, 0.29) is 17.4 Å². The number of ether oxygens (including phenoxy) is 1. The molecule has 0 unspecified atom stereocenters. The van der Waals surface area contributed by atoms with Gasteiger partial charge in [0.25, 0.3) is 5.88 Å². The molecule has 1 aromatic rings. The van der Waals surface area contributed by atoms with Crippen LogP contribution in [0.15, 0.2) is 6.33 Å². The number of methoxy groups -OCH3 is 1. The Labute approximate surface area is 112 Å². The Bertz CT molecular complexity index is 425. The Balaban J connectivity index is 2.60. The molecule has 0 aliphatic carbocycles. The molecule has 19 heavy (non-hydrogen) atoms. The highest BCUT2D eigenvalue weighted by atomic mass is 16.6. The molecule has 0 saturated carbocycles. The normalized spacial score (nSPS) is 10.5. The van der Waals surface area contributed by atoms with E-state index < -0.39 is 4.92 Å². The number of anilines is 1. The molecule has 1 rings (SSSR count). The molecule has 106 valence electrons. The first-order chi connectivity index (χ1) is 9.06. The zero-order valence-electron chi connectivity index (χ0n) is 11.4. The number of nitro groups is 1. The molecule has 0 saturated heterocycles. The summed E-state index contributed by atoms with van der Waals surface area (Å²) in [5.41, 5.74) is -0.224. The van der Waals surface area contributed by atoms with Crippen molar-refractivity contribution in [3.63, 3.8) is 0 Å². The third-order valence-corrected chi connectivity index (χ3v) is 2.49. The maximum atomic E-state index is 11.0. The monoisotopic (exact) mass is 269 g/mol. The highest BCUT2D eigenvalue weighted by Gasteiger charge is 2.23. The van der Waals surface area contributed by atoms with E-state index in [2.05, 4.69) is 20.2 Å². The van der Waals surface area contributed by atoms with E-state index >= 15 is 0 Å². The molecule has 0 bridgehead atoms. The van der Waals surface area contributed by atoms with Gasteiger partial charge in [-0.15, -0.1) is 0 Å². The van der Waals surface area contributed by atoms with Crippen LogP contribution in [-0.2, 0) is 0 Å². The van der Waals surface area contributed by atoms with Gasteiger partial charge in [0.1, 0.15) is 6.33 Å². The minimum absolute atomic E-state index is 0.0317. The zero-order valence-corrected chi connectivity index (χ0v) is 11.4. The van der Waals surface area contributed by atoms with Gasteiger partial charge in [-0.3, -0.25) is 10.1 Å². The first-order valence-electron chi connectivity index (χ1n) is 5.98. The van der Waals surface area contributed by atoms with Crippen LogP contribution in [0.1, 0.15) is 12.8 Å². The standard InChI is InChI=1S/C11H19N5O3/c1-15(2)7-5-4-6-12-10-9(16(17)18)11(19-3)14-8-13-10/h8H,4-7H2,1-3H3,(H,12,13,14). The Morgan fingerprint density at radius 2 is 2.16 bits per heavy atom. The van der Waals surface area contributed by atoms with Crippen LogP contribution in [-0.4, -0.2) is 54.1 Å². The molecule has 0 fully saturated rings. The van der Waals surface area contributed by atoms with Crippen LogP contribution >= 0.6 is 0 Å². The molecule has 8 heteroatoms. The van der Waals surface area contributed by atoms with Crippen molar-refractivity contribution in [3.05, 3.63) is 16.4 Å². The summed E-state index contributed by atoms with van der Waals surface area (Å²) >= 11 is 0. The Kier molecular flexibility index (Phi) is 5.94. The molecule has 0 atom stereocenters. The molecule has 0 radical (unpaired) electrons.